The number of halogens is 2. The second-order valence-electron chi connectivity index (χ2n) is 5.73. The van der Waals surface area contributed by atoms with Crippen LogP contribution in [-0.4, -0.2) is 31.9 Å². The minimum atomic E-state index is -3.84. The third-order valence-corrected chi connectivity index (χ3v) is 4.50. The van der Waals surface area contributed by atoms with Gasteiger partial charge in [-0.3, -0.25) is 4.68 Å². The third-order valence-electron chi connectivity index (χ3n) is 4.50. The molecule has 2 aliphatic heterocycles. The number of aryl methyl sites for hydroxylation is 2. The summed E-state index contributed by atoms with van der Waals surface area (Å²) in [6, 6.07) is 3.41. The summed E-state index contributed by atoms with van der Waals surface area (Å²) in [5, 5.41) is 4.43. The van der Waals surface area contributed by atoms with Gasteiger partial charge in [-0.25, -0.2) is 0 Å². The van der Waals surface area contributed by atoms with E-state index in [0.29, 0.717) is 11.4 Å². The average Bonchev–Trinajstić information content (AvgIpc) is 3.15. The molecule has 0 spiro atoms. The second kappa shape index (κ2) is 4.06. The molecule has 2 aromatic heterocycles. The lowest BCUT2D eigenvalue weighted by atomic mass is 9.86. The minimum absolute atomic E-state index is 0.537. The Morgan fingerprint density at radius 3 is 2.73 bits per heavy atom. The highest BCUT2D eigenvalue weighted by atomic mass is 19.2. The van der Waals surface area contributed by atoms with Crippen LogP contribution in [0.5, 0.6) is 0 Å². The van der Waals surface area contributed by atoms with Crippen LogP contribution >= 0.6 is 0 Å². The summed E-state index contributed by atoms with van der Waals surface area (Å²) in [5.41, 5.74) is 4.62. The van der Waals surface area contributed by atoms with Gasteiger partial charge < -0.3 is 17.6 Å². The maximum atomic E-state index is 14.7. The predicted octanol–water partition coefficient (Wildman–Crippen LogP) is 2.49. The lowest BCUT2D eigenvalue weighted by Gasteiger charge is -2.30. The van der Waals surface area contributed by atoms with Gasteiger partial charge in [0.2, 0.25) is 0 Å². The van der Waals surface area contributed by atoms with Crippen molar-refractivity contribution in [3.63, 3.8) is 0 Å². The number of aromatic nitrogens is 3. The van der Waals surface area contributed by atoms with E-state index in [4.69, 9.17) is 0 Å². The van der Waals surface area contributed by atoms with Crippen LogP contribution in [0.2, 0.25) is 0 Å². The maximum absolute atomic E-state index is 14.7. The lowest BCUT2D eigenvalue weighted by Crippen LogP contribution is -2.49. The second-order valence-corrected chi connectivity index (χ2v) is 5.73. The Hall–Kier alpha value is -2.44. The van der Waals surface area contributed by atoms with Crippen molar-refractivity contribution in [3.8, 4) is 0 Å². The lowest BCUT2D eigenvalue weighted by molar-refractivity contribution is -0.356. The molecule has 112 valence electrons. The molecular formula is C15H15BF2N4. The number of hydrogen-bond acceptors (Lipinski definition) is 1. The Kier molecular flexibility index (Phi) is 2.44. The molecule has 4 rings (SSSR count). The van der Waals surface area contributed by atoms with Crippen LogP contribution in [0.3, 0.4) is 0 Å². The van der Waals surface area contributed by atoms with Crippen molar-refractivity contribution in [2.24, 2.45) is 7.05 Å². The number of rotatable bonds is 1. The smallest absolute Gasteiger partial charge is 0.396 e. The molecule has 4 heterocycles. The fraction of sp³-hybridized carbons (Fsp3) is 0.200. The van der Waals surface area contributed by atoms with E-state index >= 15 is 0 Å². The standard InChI is InChI=1S/C15H15BF2N4/c1-10-14(11(2)20(3)19-10)15-12-6-4-8-21(12)16(17,18)22-9-5-7-13(15)22/h4-9H,1-3H3. The molecule has 0 amide bonds. The summed E-state index contributed by atoms with van der Waals surface area (Å²) in [6.07, 6.45) is 6.30. The van der Waals surface area contributed by atoms with E-state index in [1.165, 1.54) is 12.4 Å². The molecule has 7 heteroatoms. The van der Waals surface area contributed by atoms with Gasteiger partial charge >= 0.3 is 6.97 Å². The predicted molar refractivity (Wildman–Crippen MR) is 82.0 cm³/mol. The highest BCUT2D eigenvalue weighted by Crippen LogP contribution is 2.40. The van der Waals surface area contributed by atoms with Gasteiger partial charge in [-0.2, -0.15) is 5.10 Å². The first kappa shape index (κ1) is 13.2. The van der Waals surface area contributed by atoms with Gasteiger partial charge in [-0.1, -0.05) is 0 Å². The molecule has 0 radical (unpaired) electrons. The van der Waals surface area contributed by atoms with Crippen LogP contribution in [0.1, 0.15) is 22.6 Å². The van der Waals surface area contributed by atoms with E-state index in [1.54, 1.807) is 29.0 Å². The molecule has 0 aromatic carbocycles. The SMILES string of the molecule is Cc1nn(C)c(C)c1C1=C2C=CC=[N+]2[B-](F)(F)n2cccc21. The van der Waals surface area contributed by atoms with E-state index in [1.807, 2.05) is 20.9 Å². The summed E-state index contributed by atoms with van der Waals surface area (Å²) in [4.78, 5) is 0. The first-order chi connectivity index (χ1) is 10.4. The molecule has 22 heavy (non-hydrogen) atoms. The van der Waals surface area contributed by atoms with Crippen LogP contribution in [0.4, 0.5) is 8.63 Å². The Bertz CT molecular complexity index is 899. The van der Waals surface area contributed by atoms with Crippen molar-refractivity contribution in [2.75, 3.05) is 0 Å². The molecule has 2 aromatic rings. The van der Waals surface area contributed by atoms with Gasteiger partial charge in [0.25, 0.3) is 0 Å². The van der Waals surface area contributed by atoms with Crippen LogP contribution < -0.4 is 0 Å². The van der Waals surface area contributed by atoms with E-state index < -0.39 is 6.97 Å². The van der Waals surface area contributed by atoms with Crippen LogP contribution in [0.25, 0.3) is 5.57 Å². The normalized spacial score (nSPS) is 18.5. The Labute approximate surface area is 126 Å². The number of hydrogen-bond donors (Lipinski definition) is 0. The molecule has 0 saturated heterocycles. The van der Waals surface area contributed by atoms with Gasteiger partial charge in [-0.05, 0) is 32.2 Å². The highest BCUT2D eigenvalue weighted by molar-refractivity contribution is 6.57. The zero-order valence-corrected chi connectivity index (χ0v) is 12.6. The number of nitrogens with zero attached hydrogens (tertiary/aromatic N) is 4. The van der Waals surface area contributed by atoms with Crippen molar-refractivity contribution in [1.29, 1.82) is 0 Å². The van der Waals surface area contributed by atoms with E-state index in [-0.39, 0.29) is 0 Å². The summed E-state index contributed by atoms with van der Waals surface area (Å²) in [5.74, 6) is 0. The number of fused-ring (bicyclic) bond motifs is 2. The maximum Gasteiger partial charge on any atom is 0.737 e. The minimum Gasteiger partial charge on any atom is -0.396 e. The molecule has 4 nitrogen and oxygen atoms in total. The molecule has 0 bridgehead atoms. The third kappa shape index (κ3) is 1.45. The van der Waals surface area contributed by atoms with Gasteiger partial charge in [0.05, 0.1) is 11.3 Å². The fourth-order valence-corrected chi connectivity index (χ4v) is 3.41. The first-order valence-corrected chi connectivity index (χ1v) is 7.17. The largest absolute Gasteiger partial charge is 0.737 e. The van der Waals surface area contributed by atoms with Gasteiger partial charge in [0.15, 0.2) is 5.70 Å². The molecule has 0 atom stereocenters. The topological polar surface area (TPSA) is 25.8 Å². The van der Waals surface area contributed by atoms with Crippen LogP contribution in [0.15, 0.2) is 36.2 Å². The summed E-state index contributed by atoms with van der Waals surface area (Å²) in [7, 11) is 1.87. The molecule has 0 N–H and O–H groups in total. The average molecular weight is 300 g/mol. The zero-order valence-electron chi connectivity index (χ0n) is 12.6. The van der Waals surface area contributed by atoms with E-state index in [9.17, 15) is 8.63 Å². The quantitative estimate of drug-likeness (QED) is 0.743. The summed E-state index contributed by atoms with van der Waals surface area (Å²) in [6.45, 7) is 0.0262. The zero-order chi connectivity index (χ0) is 15.6. The Morgan fingerprint density at radius 1 is 1.27 bits per heavy atom. The fourth-order valence-electron chi connectivity index (χ4n) is 3.41. The first-order valence-electron chi connectivity index (χ1n) is 7.17. The molecule has 0 aliphatic carbocycles. The molecule has 0 saturated carbocycles. The van der Waals surface area contributed by atoms with Crippen molar-refractivity contribution < 1.29 is 13.1 Å². The van der Waals surface area contributed by atoms with Crippen LogP contribution in [0, 0.1) is 13.8 Å². The summed E-state index contributed by atoms with van der Waals surface area (Å²) < 4.78 is 33.4. The highest BCUT2D eigenvalue weighted by Gasteiger charge is 2.51. The molecular weight excluding hydrogens is 285 g/mol. The van der Waals surface area contributed by atoms with Crippen molar-refractivity contribution in [2.45, 2.75) is 13.8 Å². The van der Waals surface area contributed by atoms with E-state index in [2.05, 4.69) is 5.10 Å². The number of allylic oxidation sites excluding steroid dienone is 2. The van der Waals surface area contributed by atoms with E-state index in [0.717, 1.165) is 31.5 Å². The molecule has 2 aliphatic rings. The van der Waals surface area contributed by atoms with Gasteiger partial charge in [0.1, 0.15) is 6.21 Å². The van der Waals surface area contributed by atoms with Gasteiger partial charge in [-0.15, -0.1) is 0 Å². The van der Waals surface area contributed by atoms with Crippen molar-refractivity contribution >= 4 is 18.8 Å². The van der Waals surface area contributed by atoms with Crippen molar-refractivity contribution in [3.05, 3.63) is 58.8 Å². The molecule has 0 unspecified atom stereocenters. The van der Waals surface area contributed by atoms with Gasteiger partial charge in [0, 0.05) is 36.2 Å². The van der Waals surface area contributed by atoms with Crippen LogP contribution in [-0.2, 0) is 7.05 Å². The Balaban J connectivity index is 2.11. The monoisotopic (exact) mass is 300 g/mol. The Morgan fingerprint density at radius 2 is 2.05 bits per heavy atom. The van der Waals surface area contributed by atoms with Crippen molar-refractivity contribution in [1.82, 2.24) is 14.3 Å². The molecule has 0 fully saturated rings. The summed E-state index contributed by atoms with van der Waals surface area (Å²) >= 11 is 0.